The normalized spacial score (nSPS) is 14.1. The highest BCUT2D eigenvalue weighted by Gasteiger charge is 2.35. The number of amides is 3. The van der Waals surface area contributed by atoms with Crippen LogP contribution in [0.5, 0.6) is 0 Å². The van der Waals surface area contributed by atoms with Gasteiger partial charge in [0.05, 0.1) is 29.0 Å². The van der Waals surface area contributed by atoms with E-state index in [4.69, 9.17) is 9.15 Å². The van der Waals surface area contributed by atoms with Crippen molar-refractivity contribution in [3.63, 3.8) is 0 Å². The number of esters is 1. The third kappa shape index (κ3) is 4.59. The van der Waals surface area contributed by atoms with Gasteiger partial charge in [0.15, 0.2) is 6.61 Å². The molecule has 1 aromatic heterocycles. The number of imide groups is 1. The van der Waals surface area contributed by atoms with Gasteiger partial charge in [-0.2, -0.15) is 0 Å². The van der Waals surface area contributed by atoms with Crippen LogP contribution in [0.3, 0.4) is 0 Å². The molecule has 1 atom stereocenters. The monoisotopic (exact) mass is 412 g/mol. The van der Waals surface area contributed by atoms with E-state index in [9.17, 15) is 19.2 Å². The minimum Gasteiger partial charge on any atom is -0.467 e. The Morgan fingerprint density at radius 3 is 2.50 bits per heavy atom. The molecule has 0 fully saturated rings. The lowest BCUT2D eigenvalue weighted by Gasteiger charge is -2.14. The lowest BCUT2D eigenvalue weighted by atomic mass is 10.1. The van der Waals surface area contributed by atoms with Crippen molar-refractivity contribution in [2.75, 3.05) is 13.2 Å². The van der Waals surface area contributed by atoms with Gasteiger partial charge in [-0.15, -0.1) is 0 Å². The molecule has 1 aromatic carbocycles. The maximum atomic E-state index is 12.6. The number of fused-ring (bicyclic) bond motifs is 1. The molecule has 0 saturated carbocycles. The Hall–Kier alpha value is -3.42. The zero-order valence-electron chi connectivity index (χ0n) is 17.1. The molecule has 158 valence electrons. The number of nitrogens with zero attached hydrogens (tertiary/aromatic N) is 1. The predicted molar refractivity (Wildman–Crippen MR) is 107 cm³/mol. The number of ether oxygens (including phenoxy) is 1. The smallest absolute Gasteiger partial charge is 0.338 e. The largest absolute Gasteiger partial charge is 0.467 e. The second-order valence-electron chi connectivity index (χ2n) is 7.59. The van der Waals surface area contributed by atoms with E-state index in [0.29, 0.717) is 24.6 Å². The SMILES string of the molecule is CC(C)CCN1C(=O)c2ccc(C(=O)OCC(=O)N[C@@H](C)c3ccco3)cc2C1=O. The summed E-state index contributed by atoms with van der Waals surface area (Å²) >= 11 is 0. The number of furan rings is 1. The van der Waals surface area contributed by atoms with Gasteiger partial charge in [0.25, 0.3) is 17.7 Å². The Labute approximate surface area is 174 Å². The fraction of sp³-hybridized carbons (Fsp3) is 0.364. The molecule has 0 saturated heterocycles. The number of carbonyl (C=O) groups excluding carboxylic acids is 4. The minimum absolute atomic E-state index is 0.104. The molecule has 1 aliphatic rings. The van der Waals surface area contributed by atoms with Crippen molar-refractivity contribution in [1.29, 1.82) is 0 Å². The van der Waals surface area contributed by atoms with Crippen molar-refractivity contribution in [2.24, 2.45) is 5.92 Å². The first-order valence-corrected chi connectivity index (χ1v) is 9.78. The fourth-order valence-electron chi connectivity index (χ4n) is 3.11. The van der Waals surface area contributed by atoms with Gasteiger partial charge in [-0.3, -0.25) is 19.3 Å². The third-order valence-electron chi connectivity index (χ3n) is 4.82. The Morgan fingerprint density at radius 2 is 1.83 bits per heavy atom. The number of hydrogen-bond donors (Lipinski definition) is 1. The average Bonchev–Trinajstić information content (AvgIpc) is 3.33. The second kappa shape index (κ2) is 8.94. The highest BCUT2D eigenvalue weighted by Crippen LogP contribution is 2.25. The molecule has 0 radical (unpaired) electrons. The van der Waals surface area contributed by atoms with Gasteiger partial charge >= 0.3 is 5.97 Å². The molecule has 2 aromatic rings. The van der Waals surface area contributed by atoms with Crippen LogP contribution in [0.2, 0.25) is 0 Å². The molecule has 30 heavy (non-hydrogen) atoms. The maximum absolute atomic E-state index is 12.6. The van der Waals surface area contributed by atoms with E-state index in [-0.39, 0.29) is 28.6 Å². The average molecular weight is 412 g/mol. The second-order valence-corrected chi connectivity index (χ2v) is 7.59. The van der Waals surface area contributed by atoms with Gasteiger partial charge in [-0.1, -0.05) is 13.8 Å². The summed E-state index contributed by atoms with van der Waals surface area (Å²) in [5.74, 6) is -1.09. The Bertz CT molecular complexity index is 964. The summed E-state index contributed by atoms with van der Waals surface area (Å²) in [5.41, 5.74) is 0.548. The van der Waals surface area contributed by atoms with E-state index in [2.05, 4.69) is 5.32 Å². The highest BCUT2D eigenvalue weighted by molar-refractivity contribution is 6.22. The van der Waals surface area contributed by atoms with Gasteiger partial charge in [-0.05, 0) is 49.6 Å². The summed E-state index contributed by atoms with van der Waals surface area (Å²) in [6.07, 6.45) is 2.20. The van der Waals surface area contributed by atoms with Crippen molar-refractivity contribution in [3.05, 3.63) is 59.0 Å². The first kappa shape index (κ1) is 21.3. The van der Waals surface area contributed by atoms with Crippen LogP contribution in [0, 0.1) is 5.92 Å². The van der Waals surface area contributed by atoms with E-state index in [1.54, 1.807) is 19.1 Å². The van der Waals surface area contributed by atoms with Gasteiger partial charge in [0.2, 0.25) is 0 Å². The fourth-order valence-corrected chi connectivity index (χ4v) is 3.11. The van der Waals surface area contributed by atoms with Crippen LogP contribution in [-0.2, 0) is 9.53 Å². The zero-order valence-corrected chi connectivity index (χ0v) is 17.1. The molecule has 2 heterocycles. The highest BCUT2D eigenvalue weighted by atomic mass is 16.5. The molecule has 0 spiro atoms. The topological polar surface area (TPSA) is 106 Å². The van der Waals surface area contributed by atoms with E-state index >= 15 is 0 Å². The molecular weight excluding hydrogens is 388 g/mol. The van der Waals surface area contributed by atoms with Crippen LogP contribution in [0.25, 0.3) is 0 Å². The van der Waals surface area contributed by atoms with Crippen LogP contribution in [-0.4, -0.2) is 41.7 Å². The quantitative estimate of drug-likeness (QED) is 0.528. The Kier molecular flexibility index (Phi) is 6.34. The summed E-state index contributed by atoms with van der Waals surface area (Å²) in [6, 6.07) is 7.28. The number of rotatable bonds is 8. The van der Waals surface area contributed by atoms with Crippen LogP contribution in [0.4, 0.5) is 0 Å². The van der Waals surface area contributed by atoms with Crippen molar-refractivity contribution >= 4 is 23.7 Å². The van der Waals surface area contributed by atoms with E-state index in [1.165, 1.54) is 29.4 Å². The van der Waals surface area contributed by atoms with Crippen LogP contribution in [0.15, 0.2) is 41.0 Å². The number of benzene rings is 1. The summed E-state index contributed by atoms with van der Waals surface area (Å²) in [4.78, 5) is 50.5. The molecule has 1 aliphatic heterocycles. The maximum Gasteiger partial charge on any atom is 0.338 e. The van der Waals surface area contributed by atoms with E-state index in [1.807, 2.05) is 13.8 Å². The molecule has 3 rings (SSSR count). The molecule has 8 nitrogen and oxygen atoms in total. The lowest BCUT2D eigenvalue weighted by molar-refractivity contribution is -0.125. The van der Waals surface area contributed by atoms with Crippen molar-refractivity contribution in [2.45, 2.75) is 33.2 Å². The molecule has 0 unspecified atom stereocenters. The van der Waals surface area contributed by atoms with Gasteiger partial charge < -0.3 is 14.5 Å². The summed E-state index contributed by atoms with van der Waals surface area (Å²) < 4.78 is 10.2. The number of hydrogen-bond acceptors (Lipinski definition) is 6. The van der Waals surface area contributed by atoms with Crippen molar-refractivity contribution < 1.29 is 28.3 Å². The third-order valence-corrected chi connectivity index (χ3v) is 4.82. The van der Waals surface area contributed by atoms with E-state index in [0.717, 1.165) is 0 Å². The standard InChI is InChI=1S/C22H24N2O6/c1-13(2)8-9-24-20(26)16-7-6-15(11-17(16)21(24)27)22(28)30-12-19(25)23-14(3)18-5-4-10-29-18/h4-7,10-11,13-14H,8-9,12H2,1-3H3,(H,23,25)/t14-/m0/s1. The predicted octanol–water partition coefficient (Wildman–Crippen LogP) is 2.96. The van der Waals surface area contributed by atoms with Crippen LogP contribution < -0.4 is 5.32 Å². The zero-order chi connectivity index (χ0) is 21.8. The van der Waals surface area contributed by atoms with Crippen LogP contribution in [0.1, 0.15) is 70.1 Å². The molecule has 0 aliphatic carbocycles. The molecule has 3 amide bonds. The summed E-state index contributed by atoms with van der Waals surface area (Å²) in [5, 5.41) is 2.66. The number of carbonyl (C=O) groups is 4. The van der Waals surface area contributed by atoms with Crippen molar-refractivity contribution in [1.82, 2.24) is 10.2 Å². The van der Waals surface area contributed by atoms with Gasteiger partial charge in [0, 0.05) is 6.54 Å². The molecular formula is C22H24N2O6. The Balaban J connectivity index is 1.60. The van der Waals surface area contributed by atoms with Crippen molar-refractivity contribution in [3.8, 4) is 0 Å². The van der Waals surface area contributed by atoms with E-state index < -0.39 is 24.4 Å². The Morgan fingerprint density at radius 1 is 1.10 bits per heavy atom. The molecule has 8 heteroatoms. The number of nitrogens with one attached hydrogen (secondary N) is 1. The summed E-state index contributed by atoms with van der Waals surface area (Å²) in [6.45, 7) is 5.62. The van der Waals surface area contributed by atoms with Crippen LogP contribution >= 0.6 is 0 Å². The molecule has 0 bridgehead atoms. The molecule has 1 N–H and O–H groups in total. The van der Waals surface area contributed by atoms with Gasteiger partial charge in [-0.25, -0.2) is 4.79 Å². The summed E-state index contributed by atoms with van der Waals surface area (Å²) in [7, 11) is 0. The first-order chi connectivity index (χ1) is 14.3. The lowest BCUT2D eigenvalue weighted by Crippen LogP contribution is -2.31. The van der Waals surface area contributed by atoms with Gasteiger partial charge in [0.1, 0.15) is 5.76 Å². The minimum atomic E-state index is -0.750. The first-order valence-electron chi connectivity index (χ1n) is 9.78.